The molecule has 2 heterocycles. The monoisotopic (exact) mass is 305 g/mol. The zero-order valence-corrected chi connectivity index (χ0v) is 11.6. The van der Waals surface area contributed by atoms with Crippen molar-refractivity contribution in [3.63, 3.8) is 0 Å². The van der Waals surface area contributed by atoms with E-state index in [2.05, 4.69) is 4.98 Å². The Labute approximate surface area is 125 Å². The van der Waals surface area contributed by atoms with Crippen molar-refractivity contribution in [2.24, 2.45) is 5.73 Å². The average molecular weight is 305 g/mol. The van der Waals surface area contributed by atoms with Crippen molar-refractivity contribution in [1.29, 1.82) is 0 Å². The smallest absolute Gasteiger partial charge is 0.326 e. The number of rotatable bonds is 3. The summed E-state index contributed by atoms with van der Waals surface area (Å²) in [5.74, 6) is 0. The number of pyridine rings is 1. The lowest BCUT2D eigenvalue weighted by molar-refractivity contribution is -0.137. The van der Waals surface area contributed by atoms with Crippen LogP contribution in [0.1, 0.15) is 22.4 Å². The minimum atomic E-state index is -4.31. The summed E-state index contributed by atoms with van der Waals surface area (Å²) in [4.78, 5) is 4.45. The molecule has 0 fully saturated rings. The van der Waals surface area contributed by atoms with Crippen LogP contribution in [-0.2, 0) is 19.1 Å². The number of fused-ring (bicyclic) bond motifs is 1. The molecule has 0 atom stereocenters. The topological polar surface area (TPSA) is 43.3 Å². The van der Waals surface area contributed by atoms with Gasteiger partial charge in [0.15, 0.2) is 0 Å². The molecule has 3 aromatic rings. The van der Waals surface area contributed by atoms with E-state index in [1.807, 2.05) is 28.9 Å². The number of imidazole rings is 1. The van der Waals surface area contributed by atoms with Crippen molar-refractivity contribution in [2.75, 3.05) is 0 Å². The Balaban J connectivity index is 1.83. The van der Waals surface area contributed by atoms with Crippen molar-refractivity contribution in [1.82, 2.24) is 9.38 Å². The number of hydrogen-bond donors (Lipinski definition) is 1. The van der Waals surface area contributed by atoms with Crippen LogP contribution in [-0.4, -0.2) is 9.38 Å². The first kappa shape index (κ1) is 14.6. The number of benzene rings is 1. The van der Waals surface area contributed by atoms with Gasteiger partial charge in [0.2, 0.25) is 0 Å². The van der Waals surface area contributed by atoms with Gasteiger partial charge in [-0.1, -0.05) is 18.2 Å². The molecule has 0 aliphatic heterocycles. The molecule has 0 saturated heterocycles. The van der Waals surface area contributed by atoms with Crippen molar-refractivity contribution < 1.29 is 13.2 Å². The summed E-state index contributed by atoms with van der Waals surface area (Å²) < 4.78 is 39.5. The second-order valence-corrected chi connectivity index (χ2v) is 5.11. The first-order chi connectivity index (χ1) is 10.5. The number of nitrogens with two attached hydrogens (primary N) is 1. The molecular formula is C16H14F3N3. The second-order valence-electron chi connectivity index (χ2n) is 5.11. The number of hydrogen-bond acceptors (Lipinski definition) is 2. The van der Waals surface area contributed by atoms with E-state index in [0.29, 0.717) is 13.0 Å². The molecule has 3 nitrogen and oxygen atoms in total. The summed E-state index contributed by atoms with van der Waals surface area (Å²) in [6, 6.07) is 8.94. The second kappa shape index (κ2) is 5.46. The summed E-state index contributed by atoms with van der Waals surface area (Å²) in [5, 5.41) is 0. The number of alkyl halides is 3. The molecule has 0 aliphatic carbocycles. The lowest BCUT2D eigenvalue weighted by Crippen LogP contribution is -2.04. The van der Waals surface area contributed by atoms with Gasteiger partial charge in [-0.25, -0.2) is 4.98 Å². The molecule has 1 aromatic carbocycles. The molecule has 6 heteroatoms. The van der Waals surface area contributed by atoms with E-state index in [1.165, 1.54) is 12.1 Å². The maximum Gasteiger partial charge on any atom is 0.416 e. The fourth-order valence-corrected chi connectivity index (χ4v) is 2.32. The molecule has 0 bridgehead atoms. The molecular weight excluding hydrogens is 291 g/mol. The van der Waals surface area contributed by atoms with Gasteiger partial charge in [-0.05, 0) is 29.3 Å². The third kappa shape index (κ3) is 2.96. The zero-order valence-electron chi connectivity index (χ0n) is 11.6. The molecule has 114 valence electrons. The van der Waals surface area contributed by atoms with Gasteiger partial charge in [-0.15, -0.1) is 0 Å². The molecule has 2 aromatic heterocycles. The molecule has 0 saturated carbocycles. The highest BCUT2D eigenvalue weighted by atomic mass is 19.4. The third-order valence-electron chi connectivity index (χ3n) is 3.46. The van der Waals surface area contributed by atoms with Crippen LogP contribution >= 0.6 is 0 Å². The Hall–Kier alpha value is -2.34. The molecule has 0 amide bonds. The fraction of sp³-hybridized carbons (Fsp3) is 0.188. The van der Waals surface area contributed by atoms with Crippen LogP contribution in [0.4, 0.5) is 13.2 Å². The van der Waals surface area contributed by atoms with Crippen LogP contribution in [0.2, 0.25) is 0 Å². The van der Waals surface area contributed by atoms with E-state index in [9.17, 15) is 13.2 Å². The maximum absolute atomic E-state index is 12.5. The zero-order chi connectivity index (χ0) is 15.7. The minimum Gasteiger partial charge on any atom is -0.326 e. The van der Waals surface area contributed by atoms with Gasteiger partial charge < -0.3 is 10.1 Å². The number of aromatic nitrogens is 2. The first-order valence-electron chi connectivity index (χ1n) is 6.78. The highest BCUT2D eigenvalue weighted by molar-refractivity contribution is 5.42. The maximum atomic E-state index is 12.5. The van der Waals surface area contributed by atoms with Crippen molar-refractivity contribution in [3.05, 3.63) is 71.2 Å². The SMILES string of the molecule is NCc1ccc2nc(Cc3ccc(C(F)(F)F)cc3)cn2c1. The third-order valence-corrected chi connectivity index (χ3v) is 3.46. The normalized spacial score (nSPS) is 12.0. The predicted octanol–water partition coefficient (Wildman–Crippen LogP) is 3.40. The van der Waals surface area contributed by atoms with Gasteiger partial charge in [0.05, 0.1) is 11.3 Å². The molecule has 22 heavy (non-hydrogen) atoms. The molecule has 0 unspecified atom stereocenters. The van der Waals surface area contributed by atoms with Crippen molar-refractivity contribution in [2.45, 2.75) is 19.1 Å². The molecule has 0 aliphatic rings. The average Bonchev–Trinajstić information content (AvgIpc) is 2.88. The van der Waals surface area contributed by atoms with Crippen LogP contribution < -0.4 is 5.73 Å². The predicted molar refractivity (Wildman–Crippen MR) is 77.3 cm³/mol. The van der Waals surface area contributed by atoms with Gasteiger partial charge in [-0.3, -0.25) is 0 Å². The summed E-state index contributed by atoms with van der Waals surface area (Å²) in [7, 11) is 0. The van der Waals surface area contributed by atoms with Gasteiger partial charge in [-0.2, -0.15) is 13.2 Å². The highest BCUT2D eigenvalue weighted by Gasteiger charge is 2.29. The molecule has 0 spiro atoms. The van der Waals surface area contributed by atoms with Crippen molar-refractivity contribution >= 4 is 5.65 Å². The van der Waals surface area contributed by atoms with E-state index >= 15 is 0 Å². The van der Waals surface area contributed by atoms with Crippen LogP contribution in [0, 0.1) is 0 Å². The summed E-state index contributed by atoms with van der Waals surface area (Å²) >= 11 is 0. The van der Waals surface area contributed by atoms with E-state index in [-0.39, 0.29) is 0 Å². The number of halogens is 3. The standard InChI is InChI=1S/C16H14F3N3/c17-16(18,19)13-4-1-11(2-5-13)7-14-10-22-9-12(8-20)3-6-15(22)21-14/h1-6,9-10H,7-8,20H2. The Bertz CT molecular complexity index is 788. The summed E-state index contributed by atoms with van der Waals surface area (Å²) in [6.07, 6.45) is -0.0528. The summed E-state index contributed by atoms with van der Waals surface area (Å²) in [6.45, 7) is 0.447. The quantitative estimate of drug-likeness (QED) is 0.806. The van der Waals surface area contributed by atoms with Gasteiger partial charge in [0, 0.05) is 25.4 Å². The van der Waals surface area contributed by atoms with Crippen molar-refractivity contribution in [3.8, 4) is 0 Å². The number of nitrogens with zero attached hydrogens (tertiary/aromatic N) is 2. The fourth-order valence-electron chi connectivity index (χ4n) is 2.32. The van der Waals surface area contributed by atoms with E-state index in [0.717, 1.165) is 34.6 Å². The molecule has 0 radical (unpaired) electrons. The van der Waals surface area contributed by atoms with Gasteiger partial charge in [0.25, 0.3) is 0 Å². The van der Waals surface area contributed by atoms with Crippen LogP contribution in [0.15, 0.2) is 48.8 Å². The van der Waals surface area contributed by atoms with Gasteiger partial charge >= 0.3 is 6.18 Å². The lowest BCUT2D eigenvalue weighted by Gasteiger charge is -2.06. The van der Waals surface area contributed by atoms with Gasteiger partial charge in [0.1, 0.15) is 5.65 Å². The highest BCUT2D eigenvalue weighted by Crippen LogP contribution is 2.29. The summed E-state index contributed by atoms with van der Waals surface area (Å²) in [5.41, 5.74) is 8.32. The largest absolute Gasteiger partial charge is 0.416 e. The Morgan fingerprint density at radius 2 is 1.64 bits per heavy atom. The minimum absolute atomic E-state index is 0.447. The van der Waals surface area contributed by atoms with E-state index < -0.39 is 11.7 Å². The van der Waals surface area contributed by atoms with E-state index in [4.69, 9.17) is 5.73 Å². The van der Waals surface area contributed by atoms with E-state index in [1.54, 1.807) is 0 Å². The molecule has 2 N–H and O–H groups in total. The Kier molecular flexibility index (Phi) is 3.62. The first-order valence-corrected chi connectivity index (χ1v) is 6.78. The molecule has 3 rings (SSSR count). The van der Waals surface area contributed by atoms with Crippen LogP contribution in [0.3, 0.4) is 0 Å². The lowest BCUT2D eigenvalue weighted by atomic mass is 10.1. The Morgan fingerprint density at radius 3 is 2.27 bits per heavy atom. The van der Waals surface area contributed by atoms with Crippen LogP contribution in [0.5, 0.6) is 0 Å². The van der Waals surface area contributed by atoms with Crippen LogP contribution in [0.25, 0.3) is 5.65 Å². The Morgan fingerprint density at radius 1 is 0.955 bits per heavy atom.